The lowest BCUT2D eigenvalue weighted by Crippen LogP contribution is -2.37. The van der Waals surface area contributed by atoms with Gasteiger partial charge in [-0.05, 0) is 49.9 Å². The van der Waals surface area contributed by atoms with Gasteiger partial charge in [0, 0.05) is 6.54 Å². The predicted molar refractivity (Wildman–Crippen MR) is 87.9 cm³/mol. The van der Waals surface area contributed by atoms with Gasteiger partial charge >= 0.3 is 0 Å². The summed E-state index contributed by atoms with van der Waals surface area (Å²) in [5, 5.41) is 5.14. The van der Waals surface area contributed by atoms with Crippen molar-refractivity contribution in [3.63, 3.8) is 0 Å². The summed E-state index contributed by atoms with van der Waals surface area (Å²) in [6, 6.07) is 0.111. The fraction of sp³-hybridized carbons (Fsp3) is 0.812. The average molecular weight is 313 g/mol. The van der Waals surface area contributed by atoms with Crippen molar-refractivity contribution in [2.75, 3.05) is 0 Å². The molecule has 0 aromatic carbocycles. The number of hydrogen-bond donors (Lipinski definition) is 2. The van der Waals surface area contributed by atoms with Crippen LogP contribution in [0.1, 0.15) is 64.6 Å². The molecule has 1 aliphatic carbocycles. The highest BCUT2D eigenvalue weighted by Crippen LogP contribution is 2.40. The minimum atomic E-state index is 0.111. The Hall–Kier alpha value is -0.580. The molecule has 1 unspecified atom stereocenters. The van der Waals surface area contributed by atoms with Gasteiger partial charge in [-0.2, -0.15) is 5.10 Å². The molecule has 21 heavy (non-hydrogen) atoms. The molecular formula is C16H29ClN4. The molecule has 5 heteroatoms. The number of hydrazine groups is 1. The molecule has 1 aliphatic rings. The van der Waals surface area contributed by atoms with Crippen LogP contribution in [0.2, 0.25) is 5.02 Å². The van der Waals surface area contributed by atoms with Crippen LogP contribution in [0.15, 0.2) is 6.20 Å². The van der Waals surface area contributed by atoms with Gasteiger partial charge in [-0.1, -0.05) is 32.4 Å². The van der Waals surface area contributed by atoms with Crippen molar-refractivity contribution in [1.29, 1.82) is 0 Å². The zero-order valence-electron chi connectivity index (χ0n) is 13.5. The van der Waals surface area contributed by atoms with Gasteiger partial charge in [-0.3, -0.25) is 16.0 Å². The summed E-state index contributed by atoms with van der Waals surface area (Å²) in [7, 11) is 0. The monoisotopic (exact) mass is 312 g/mol. The number of nitrogens with two attached hydrogens (primary N) is 1. The van der Waals surface area contributed by atoms with E-state index >= 15 is 0 Å². The first-order valence-electron chi connectivity index (χ1n) is 8.25. The summed E-state index contributed by atoms with van der Waals surface area (Å²) >= 11 is 6.37. The number of halogens is 1. The molecule has 2 rings (SSSR count). The molecule has 0 amide bonds. The van der Waals surface area contributed by atoms with Crippen molar-refractivity contribution in [1.82, 2.24) is 15.2 Å². The van der Waals surface area contributed by atoms with Crippen LogP contribution >= 0.6 is 11.6 Å². The summed E-state index contributed by atoms with van der Waals surface area (Å²) < 4.78 is 2.02. The van der Waals surface area contributed by atoms with Crippen molar-refractivity contribution in [3.8, 4) is 0 Å². The van der Waals surface area contributed by atoms with E-state index in [1.807, 2.05) is 4.68 Å². The highest BCUT2D eigenvalue weighted by Gasteiger charge is 2.32. The lowest BCUT2D eigenvalue weighted by Gasteiger charge is -2.35. The summed E-state index contributed by atoms with van der Waals surface area (Å²) in [5.74, 6) is 8.06. The van der Waals surface area contributed by atoms with Crippen molar-refractivity contribution >= 4 is 11.6 Å². The largest absolute Gasteiger partial charge is 0.271 e. The van der Waals surface area contributed by atoms with Crippen LogP contribution in [0.25, 0.3) is 0 Å². The Kier molecular flexibility index (Phi) is 6.08. The van der Waals surface area contributed by atoms with E-state index in [1.165, 1.54) is 25.7 Å². The molecule has 0 saturated heterocycles. The SMILES string of the molecule is CCCn1ncc(Cl)c1C(NN)C1CCC(C(C)C)CC1. The third-order valence-electron chi connectivity index (χ3n) is 4.97. The van der Waals surface area contributed by atoms with Crippen molar-refractivity contribution in [2.45, 2.75) is 65.5 Å². The molecule has 120 valence electrons. The van der Waals surface area contributed by atoms with E-state index in [1.54, 1.807) is 6.20 Å². The van der Waals surface area contributed by atoms with Gasteiger partial charge in [0.25, 0.3) is 0 Å². The first-order valence-corrected chi connectivity index (χ1v) is 8.63. The molecule has 1 atom stereocenters. The third-order valence-corrected chi connectivity index (χ3v) is 5.26. The Morgan fingerprint density at radius 1 is 1.33 bits per heavy atom. The molecule has 1 heterocycles. The van der Waals surface area contributed by atoms with Crippen molar-refractivity contribution < 1.29 is 0 Å². The van der Waals surface area contributed by atoms with Crippen LogP contribution in [-0.2, 0) is 6.54 Å². The van der Waals surface area contributed by atoms with Crippen LogP contribution < -0.4 is 11.3 Å². The number of hydrogen-bond acceptors (Lipinski definition) is 3. The molecule has 4 nitrogen and oxygen atoms in total. The van der Waals surface area contributed by atoms with Crippen LogP contribution in [0.4, 0.5) is 0 Å². The minimum absolute atomic E-state index is 0.111. The number of nitrogens with one attached hydrogen (secondary N) is 1. The zero-order chi connectivity index (χ0) is 15.4. The summed E-state index contributed by atoms with van der Waals surface area (Å²) in [5.41, 5.74) is 4.08. The van der Waals surface area contributed by atoms with Gasteiger partial charge in [-0.25, -0.2) is 0 Å². The predicted octanol–water partition coefficient (Wildman–Crippen LogP) is 3.91. The first kappa shape index (κ1) is 16.8. The van der Waals surface area contributed by atoms with E-state index in [2.05, 4.69) is 31.3 Å². The molecule has 0 radical (unpaired) electrons. The lowest BCUT2D eigenvalue weighted by molar-refractivity contribution is 0.185. The van der Waals surface area contributed by atoms with E-state index < -0.39 is 0 Å². The molecule has 1 aromatic heterocycles. The lowest BCUT2D eigenvalue weighted by atomic mass is 9.74. The first-order chi connectivity index (χ1) is 10.1. The second-order valence-electron chi connectivity index (χ2n) is 6.66. The molecule has 0 spiro atoms. The average Bonchev–Trinajstić information content (AvgIpc) is 2.83. The van der Waals surface area contributed by atoms with Crippen molar-refractivity contribution in [2.24, 2.45) is 23.6 Å². The number of aromatic nitrogens is 2. The van der Waals surface area contributed by atoms with Crippen LogP contribution in [0.5, 0.6) is 0 Å². The van der Waals surface area contributed by atoms with Gasteiger partial charge < -0.3 is 0 Å². The second kappa shape index (κ2) is 7.61. The van der Waals surface area contributed by atoms with Gasteiger partial charge in [0.15, 0.2) is 0 Å². The minimum Gasteiger partial charge on any atom is -0.271 e. The number of rotatable bonds is 6. The smallest absolute Gasteiger partial charge is 0.0834 e. The molecule has 1 fully saturated rings. The van der Waals surface area contributed by atoms with Crippen LogP contribution in [0.3, 0.4) is 0 Å². The molecule has 1 saturated carbocycles. The Bertz CT molecular complexity index is 435. The molecule has 0 bridgehead atoms. The van der Waals surface area contributed by atoms with E-state index in [0.717, 1.165) is 35.5 Å². The topological polar surface area (TPSA) is 55.9 Å². The van der Waals surface area contributed by atoms with Gasteiger partial charge in [0.2, 0.25) is 0 Å². The quantitative estimate of drug-likeness (QED) is 0.618. The Morgan fingerprint density at radius 3 is 2.48 bits per heavy atom. The standard InChI is InChI=1S/C16H29ClN4/c1-4-9-21-16(14(17)10-19-21)15(20-18)13-7-5-12(6-8-13)11(2)3/h10-13,15,20H,4-9,18H2,1-3H3. The molecular weight excluding hydrogens is 284 g/mol. The molecule has 0 aliphatic heterocycles. The highest BCUT2D eigenvalue weighted by molar-refractivity contribution is 6.31. The maximum absolute atomic E-state index is 6.37. The Labute approximate surface area is 133 Å². The second-order valence-corrected chi connectivity index (χ2v) is 7.07. The van der Waals surface area contributed by atoms with Crippen molar-refractivity contribution in [3.05, 3.63) is 16.9 Å². The maximum atomic E-state index is 6.37. The fourth-order valence-corrected chi connectivity index (χ4v) is 3.91. The number of nitrogens with zero attached hydrogens (tertiary/aromatic N) is 2. The van der Waals surface area contributed by atoms with Crippen LogP contribution in [-0.4, -0.2) is 9.78 Å². The van der Waals surface area contributed by atoms with E-state index in [9.17, 15) is 0 Å². The molecule has 1 aromatic rings. The summed E-state index contributed by atoms with van der Waals surface area (Å²) in [4.78, 5) is 0. The normalized spacial score (nSPS) is 24.5. The summed E-state index contributed by atoms with van der Waals surface area (Å²) in [6.07, 6.45) is 7.80. The van der Waals surface area contributed by atoms with E-state index in [-0.39, 0.29) is 6.04 Å². The van der Waals surface area contributed by atoms with Crippen LogP contribution in [0, 0.1) is 17.8 Å². The van der Waals surface area contributed by atoms with Gasteiger partial charge in [0.05, 0.1) is 23.0 Å². The molecule has 3 N–H and O–H groups in total. The maximum Gasteiger partial charge on any atom is 0.0834 e. The fourth-order valence-electron chi connectivity index (χ4n) is 3.65. The zero-order valence-corrected chi connectivity index (χ0v) is 14.2. The van der Waals surface area contributed by atoms with Gasteiger partial charge in [-0.15, -0.1) is 0 Å². The van der Waals surface area contributed by atoms with E-state index in [0.29, 0.717) is 5.92 Å². The van der Waals surface area contributed by atoms with E-state index in [4.69, 9.17) is 17.4 Å². The third kappa shape index (κ3) is 3.79. The highest BCUT2D eigenvalue weighted by atomic mass is 35.5. The number of aryl methyl sites for hydroxylation is 1. The Balaban J connectivity index is 2.12. The summed E-state index contributed by atoms with van der Waals surface area (Å²) in [6.45, 7) is 7.70. The van der Waals surface area contributed by atoms with Gasteiger partial charge in [0.1, 0.15) is 0 Å². The Morgan fingerprint density at radius 2 is 1.95 bits per heavy atom.